The number of nitrogens with two attached hydrogens (primary N) is 1. The summed E-state index contributed by atoms with van der Waals surface area (Å²) in [6, 6.07) is 15.4. The van der Waals surface area contributed by atoms with E-state index in [1.165, 1.54) is 7.11 Å². The molecule has 0 bridgehead atoms. The predicted octanol–water partition coefficient (Wildman–Crippen LogP) is 3.86. The van der Waals surface area contributed by atoms with Crippen molar-refractivity contribution in [2.24, 2.45) is 11.7 Å². The molecule has 178 valence electrons. The molecule has 1 amide bonds. The van der Waals surface area contributed by atoms with Gasteiger partial charge >= 0.3 is 5.97 Å². The number of esters is 1. The molecule has 1 aliphatic rings. The number of fused-ring (bicyclic) bond motifs is 1. The van der Waals surface area contributed by atoms with Crippen LogP contribution in [0.4, 0.5) is 0 Å². The molecule has 5 N–H and O–H groups in total. The fourth-order valence-corrected chi connectivity index (χ4v) is 5.66. The number of hydrogen-bond acceptors (Lipinski definition) is 6. The van der Waals surface area contributed by atoms with E-state index >= 15 is 0 Å². The summed E-state index contributed by atoms with van der Waals surface area (Å²) < 4.78 is 6.01. The van der Waals surface area contributed by atoms with Crippen molar-refractivity contribution in [2.75, 3.05) is 7.11 Å². The number of amidine groups is 1. The minimum absolute atomic E-state index is 0.00377. The second-order valence-electron chi connectivity index (χ2n) is 8.71. The highest BCUT2D eigenvalue weighted by Gasteiger charge is 2.33. The van der Waals surface area contributed by atoms with E-state index in [9.17, 15) is 9.59 Å². The molecule has 4 rings (SSSR count). The van der Waals surface area contributed by atoms with E-state index in [1.54, 1.807) is 11.3 Å². The Hall–Kier alpha value is -3.23. The molecule has 1 saturated carbocycles. The van der Waals surface area contributed by atoms with Crippen LogP contribution in [-0.2, 0) is 20.7 Å². The quantitative estimate of drug-likeness (QED) is 0.170. The first-order valence-corrected chi connectivity index (χ1v) is 12.4. The molecule has 1 aliphatic carbocycles. The molecule has 0 spiro atoms. The Bertz CT molecular complexity index is 1180. The second-order valence-corrected chi connectivity index (χ2v) is 9.62. The Kier molecular flexibility index (Phi) is 7.59. The molecule has 0 saturated heterocycles. The Morgan fingerprint density at radius 3 is 2.68 bits per heavy atom. The summed E-state index contributed by atoms with van der Waals surface area (Å²) in [6.07, 6.45) is 4.04. The third kappa shape index (κ3) is 5.29. The van der Waals surface area contributed by atoms with Gasteiger partial charge < -0.3 is 10.5 Å². The normalized spacial score (nSPS) is 18.9. The zero-order valence-corrected chi connectivity index (χ0v) is 20.0. The number of carbonyl (C=O) groups is 2. The molecule has 2 unspecified atom stereocenters. The molecule has 34 heavy (non-hydrogen) atoms. The molecule has 0 aliphatic heterocycles. The van der Waals surface area contributed by atoms with Gasteiger partial charge in [0.1, 0.15) is 5.84 Å². The molecule has 7 nitrogen and oxygen atoms in total. The van der Waals surface area contributed by atoms with Gasteiger partial charge in [-0.15, -0.1) is 11.3 Å². The van der Waals surface area contributed by atoms with Gasteiger partial charge in [0.2, 0.25) is 5.91 Å². The Balaban J connectivity index is 1.61. The first-order valence-electron chi connectivity index (χ1n) is 11.5. The van der Waals surface area contributed by atoms with Crippen molar-refractivity contribution in [1.82, 2.24) is 10.9 Å². The van der Waals surface area contributed by atoms with E-state index in [0.29, 0.717) is 12.0 Å². The SMILES string of the molecule is COC(=O)[C@H]1CCCCC1NNC(=O)C(Cc1ccccc1)c1csc2ccc(C(=N)N)cc12. The summed E-state index contributed by atoms with van der Waals surface area (Å²) in [5, 5.41) is 10.8. The first kappa shape index (κ1) is 23.9. The zero-order valence-electron chi connectivity index (χ0n) is 19.2. The summed E-state index contributed by atoms with van der Waals surface area (Å²) in [5.41, 5.74) is 14.4. The van der Waals surface area contributed by atoms with Crippen LogP contribution in [0.2, 0.25) is 0 Å². The van der Waals surface area contributed by atoms with E-state index in [4.69, 9.17) is 15.9 Å². The summed E-state index contributed by atoms with van der Waals surface area (Å²) in [4.78, 5) is 25.8. The van der Waals surface area contributed by atoms with Crippen LogP contribution in [-0.4, -0.2) is 30.9 Å². The number of nitrogen functional groups attached to an aromatic ring is 1. The standard InChI is InChI=1S/C26H30N4O3S/c1-33-26(32)18-9-5-6-10-22(18)29-30-25(31)20(13-16-7-3-2-4-8-16)21-15-34-23-12-11-17(24(27)28)14-19(21)23/h2-4,7-8,11-12,14-15,18,20,22,29H,5-6,9-10,13H2,1H3,(H3,27,28)(H,30,31)/t18-,20?,22?/m0/s1. The van der Waals surface area contributed by atoms with Crippen LogP contribution in [0.15, 0.2) is 53.9 Å². The lowest BCUT2D eigenvalue weighted by Crippen LogP contribution is -2.52. The fourth-order valence-electron chi connectivity index (χ4n) is 4.67. The maximum atomic E-state index is 13.5. The highest BCUT2D eigenvalue weighted by atomic mass is 32.1. The number of hydrazine groups is 1. The number of ether oxygens (including phenoxy) is 1. The minimum Gasteiger partial charge on any atom is -0.469 e. The van der Waals surface area contributed by atoms with Crippen LogP contribution < -0.4 is 16.6 Å². The summed E-state index contributed by atoms with van der Waals surface area (Å²) in [7, 11) is 1.40. The molecular weight excluding hydrogens is 448 g/mol. The Morgan fingerprint density at radius 1 is 1.18 bits per heavy atom. The smallest absolute Gasteiger partial charge is 0.310 e. The topological polar surface area (TPSA) is 117 Å². The number of amides is 1. The van der Waals surface area contributed by atoms with Crippen molar-refractivity contribution < 1.29 is 14.3 Å². The first-order chi connectivity index (χ1) is 16.5. The maximum Gasteiger partial charge on any atom is 0.310 e. The van der Waals surface area contributed by atoms with Crippen molar-refractivity contribution in [3.8, 4) is 0 Å². The van der Waals surface area contributed by atoms with Gasteiger partial charge in [0, 0.05) is 16.3 Å². The predicted molar refractivity (Wildman–Crippen MR) is 135 cm³/mol. The van der Waals surface area contributed by atoms with Gasteiger partial charge in [-0.3, -0.25) is 20.4 Å². The minimum atomic E-state index is -0.453. The van der Waals surface area contributed by atoms with E-state index in [-0.39, 0.29) is 29.7 Å². The number of benzene rings is 2. The molecule has 3 atom stereocenters. The van der Waals surface area contributed by atoms with Gasteiger partial charge in [0.05, 0.1) is 18.9 Å². The van der Waals surface area contributed by atoms with Crippen LogP contribution in [0, 0.1) is 11.3 Å². The van der Waals surface area contributed by atoms with E-state index < -0.39 is 5.92 Å². The molecule has 1 heterocycles. The van der Waals surface area contributed by atoms with Gasteiger partial charge in [0.15, 0.2) is 0 Å². The van der Waals surface area contributed by atoms with Crippen LogP contribution in [0.5, 0.6) is 0 Å². The summed E-state index contributed by atoms with van der Waals surface area (Å²) in [5.74, 6) is -1.13. The molecule has 1 fully saturated rings. The van der Waals surface area contributed by atoms with Gasteiger partial charge in [-0.25, -0.2) is 5.43 Å². The number of rotatable bonds is 8. The van der Waals surface area contributed by atoms with E-state index in [0.717, 1.165) is 46.9 Å². The molecule has 1 aromatic heterocycles. The number of nitrogens with one attached hydrogen (secondary N) is 3. The summed E-state index contributed by atoms with van der Waals surface area (Å²) in [6.45, 7) is 0. The lowest BCUT2D eigenvalue weighted by molar-refractivity contribution is -0.148. The van der Waals surface area contributed by atoms with Gasteiger partial charge in [-0.1, -0.05) is 43.2 Å². The Morgan fingerprint density at radius 2 is 1.94 bits per heavy atom. The lowest BCUT2D eigenvalue weighted by atomic mass is 9.85. The van der Waals surface area contributed by atoms with Crippen molar-refractivity contribution in [3.63, 3.8) is 0 Å². The fraction of sp³-hybridized carbons (Fsp3) is 0.346. The second kappa shape index (κ2) is 10.8. The highest BCUT2D eigenvalue weighted by Crippen LogP contribution is 2.34. The lowest BCUT2D eigenvalue weighted by Gasteiger charge is -2.31. The third-order valence-corrected chi connectivity index (χ3v) is 7.52. The number of methoxy groups -OCH3 is 1. The molecule has 0 radical (unpaired) electrons. The molecule has 2 aromatic carbocycles. The third-order valence-electron chi connectivity index (χ3n) is 6.54. The summed E-state index contributed by atoms with van der Waals surface area (Å²) >= 11 is 1.57. The largest absolute Gasteiger partial charge is 0.469 e. The van der Waals surface area contributed by atoms with Gasteiger partial charge in [0.25, 0.3) is 0 Å². The van der Waals surface area contributed by atoms with Gasteiger partial charge in [-0.05, 0) is 59.4 Å². The molecular formula is C26H30N4O3S. The van der Waals surface area contributed by atoms with Crippen molar-refractivity contribution >= 4 is 39.1 Å². The maximum absolute atomic E-state index is 13.5. The highest BCUT2D eigenvalue weighted by molar-refractivity contribution is 7.17. The van der Waals surface area contributed by atoms with Crippen LogP contribution in [0.3, 0.4) is 0 Å². The molecule has 8 heteroatoms. The van der Waals surface area contributed by atoms with Crippen molar-refractivity contribution in [2.45, 2.75) is 44.1 Å². The Labute approximate surface area is 203 Å². The number of thiophene rings is 1. The van der Waals surface area contributed by atoms with Crippen LogP contribution >= 0.6 is 11.3 Å². The van der Waals surface area contributed by atoms with Crippen molar-refractivity contribution in [1.29, 1.82) is 5.41 Å². The number of hydrogen-bond donors (Lipinski definition) is 4. The van der Waals surface area contributed by atoms with Crippen LogP contribution in [0.25, 0.3) is 10.1 Å². The number of carbonyl (C=O) groups excluding carboxylic acids is 2. The van der Waals surface area contributed by atoms with E-state index in [1.807, 2.05) is 53.9 Å². The van der Waals surface area contributed by atoms with E-state index in [2.05, 4.69) is 10.9 Å². The van der Waals surface area contributed by atoms with Crippen molar-refractivity contribution in [3.05, 3.63) is 70.6 Å². The van der Waals surface area contributed by atoms with Gasteiger partial charge in [-0.2, -0.15) is 0 Å². The monoisotopic (exact) mass is 478 g/mol. The average Bonchev–Trinajstić information content (AvgIpc) is 3.29. The zero-order chi connectivity index (χ0) is 24.1. The molecule has 3 aromatic rings. The average molecular weight is 479 g/mol. The van der Waals surface area contributed by atoms with Crippen LogP contribution in [0.1, 0.15) is 48.3 Å².